The summed E-state index contributed by atoms with van der Waals surface area (Å²) in [5, 5.41) is 14.3. The molecule has 0 saturated carbocycles. The first-order chi connectivity index (χ1) is 15.4. The lowest BCUT2D eigenvalue weighted by atomic mass is 9.93. The maximum absolute atomic E-state index is 11.6. The molecule has 5 nitrogen and oxygen atoms in total. The van der Waals surface area contributed by atoms with Crippen molar-refractivity contribution in [1.29, 1.82) is 0 Å². The number of aromatic carboxylic acids is 1. The van der Waals surface area contributed by atoms with Gasteiger partial charge >= 0.3 is 5.97 Å². The van der Waals surface area contributed by atoms with Crippen LogP contribution in [0, 0.1) is 6.92 Å². The van der Waals surface area contributed by atoms with Gasteiger partial charge in [0.15, 0.2) is 0 Å². The minimum absolute atomic E-state index is 0.0247. The van der Waals surface area contributed by atoms with Crippen LogP contribution in [-0.2, 0) is 6.42 Å². The summed E-state index contributed by atoms with van der Waals surface area (Å²) in [6.45, 7) is 6.85. The first-order valence-corrected chi connectivity index (χ1v) is 11.8. The molecule has 0 unspecified atom stereocenters. The zero-order valence-electron chi connectivity index (χ0n) is 18.2. The highest BCUT2D eigenvalue weighted by Crippen LogP contribution is 2.35. The Morgan fingerprint density at radius 3 is 2.72 bits per heavy atom. The highest BCUT2D eigenvalue weighted by Gasteiger charge is 2.19. The van der Waals surface area contributed by atoms with Crippen LogP contribution in [0.25, 0.3) is 21.3 Å². The van der Waals surface area contributed by atoms with E-state index in [-0.39, 0.29) is 11.5 Å². The van der Waals surface area contributed by atoms with Crippen LogP contribution in [-0.4, -0.2) is 27.6 Å². The summed E-state index contributed by atoms with van der Waals surface area (Å²) in [5.41, 5.74) is 3.87. The van der Waals surface area contributed by atoms with Crippen molar-refractivity contribution in [1.82, 2.24) is 9.97 Å². The van der Waals surface area contributed by atoms with Gasteiger partial charge in [0.2, 0.25) is 0 Å². The van der Waals surface area contributed by atoms with Gasteiger partial charge in [-0.05, 0) is 47.9 Å². The van der Waals surface area contributed by atoms with Crippen LogP contribution in [0.2, 0.25) is 0 Å². The summed E-state index contributed by atoms with van der Waals surface area (Å²) in [6, 6.07) is 13.8. The molecule has 2 N–H and O–H groups in total. The Hall–Kier alpha value is -2.90. The standard InChI is InChI=1S/C25H25N3O2S2/c1-14(2)23-19(25(29)30)9-8-18(24(23)31)20-12-22(28-13-27-20)26-11-10-16-15(3)32-21-7-5-4-6-17(16)21/h4-9,12-14,31H,10-11H2,1-3H3,(H,29,30)(H,26,27,28). The Bertz CT molecular complexity index is 1300. The summed E-state index contributed by atoms with van der Waals surface area (Å²) in [5.74, 6) is -0.193. The lowest BCUT2D eigenvalue weighted by Crippen LogP contribution is -2.08. The third-order valence-corrected chi connectivity index (χ3v) is 7.16. The van der Waals surface area contributed by atoms with Crippen LogP contribution in [0.15, 0.2) is 53.7 Å². The van der Waals surface area contributed by atoms with Gasteiger partial charge in [0, 0.05) is 32.6 Å². The van der Waals surface area contributed by atoms with E-state index < -0.39 is 5.97 Å². The van der Waals surface area contributed by atoms with E-state index in [0.29, 0.717) is 16.2 Å². The number of aromatic nitrogens is 2. The van der Waals surface area contributed by atoms with Gasteiger partial charge < -0.3 is 10.4 Å². The highest BCUT2D eigenvalue weighted by molar-refractivity contribution is 7.80. The molecule has 4 rings (SSSR count). The maximum atomic E-state index is 11.6. The van der Waals surface area contributed by atoms with E-state index in [4.69, 9.17) is 0 Å². The number of carbonyl (C=O) groups is 1. The number of hydrogen-bond acceptors (Lipinski definition) is 6. The summed E-state index contributed by atoms with van der Waals surface area (Å²) in [4.78, 5) is 22.4. The zero-order chi connectivity index (χ0) is 22.8. The average molecular weight is 464 g/mol. The average Bonchev–Trinajstić information content (AvgIpc) is 3.08. The highest BCUT2D eigenvalue weighted by atomic mass is 32.1. The van der Waals surface area contributed by atoms with E-state index in [0.717, 1.165) is 24.3 Å². The summed E-state index contributed by atoms with van der Waals surface area (Å²) in [6.07, 6.45) is 2.42. The molecule has 0 aliphatic rings. The van der Waals surface area contributed by atoms with Crippen molar-refractivity contribution in [3.63, 3.8) is 0 Å². The number of aryl methyl sites for hydroxylation is 1. The number of nitrogens with one attached hydrogen (secondary N) is 1. The van der Waals surface area contributed by atoms with Gasteiger partial charge in [-0.15, -0.1) is 24.0 Å². The second-order valence-corrected chi connectivity index (χ2v) is 9.68. The number of anilines is 1. The van der Waals surface area contributed by atoms with E-state index >= 15 is 0 Å². The predicted octanol–water partition coefficient (Wildman–Crippen LogP) is 6.43. The lowest BCUT2D eigenvalue weighted by molar-refractivity contribution is 0.0695. The van der Waals surface area contributed by atoms with Gasteiger partial charge in [-0.2, -0.15) is 0 Å². The number of carboxylic acids is 1. The summed E-state index contributed by atoms with van der Waals surface area (Å²) in [7, 11) is 0. The number of hydrogen-bond donors (Lipinski definition) is 3. The Balaban J connectivity index is 1.56. The van der Waals surface area contributed by atoms with Crippen molar-refractivity contribution in [3.05, 3.63) is 70.4 Å². The molecule has 0 aliphatic heterocycles. The topological polar surface area (TPSA) is 75.1 Å². The van der Waals surface area contributed by atoms with Gasteiger partial charge in [-0.1, -0.05) is 38.1 Å². The molecule has 0 radical (unpaired) electrons. The Morgan fingerprint density at radius 1 is 1.19 bits per heavy atom. The number of rotatable bonds is 7. The number of fused-ring (bicyclic) bond motifs is 1. The molecular weight excluding hydrogens is 438 g/mol. The molecule has 2 aromatic heterocycles. The monoisotopic (exact) mass is 463 g/mol. The van der Waals surface area contributed by atoms with Crippen molar-refractivity contribution in [2.75, 3.05) is 11.9 Å². The van der Waals surface area contributed by atoms with Crippen LogP contribution < -0.4 is 5.32 Å². The van der Waals surface area contributed by atoms with Crippen LogP contribution in [0.5, 0.6) is 0 Å². The summed E-state index contributed by atoms with van der Waals surface area (Å²) >= 11 is 6.50. The maximum Gasteiger partial charge on any atom is 0.336 e. The number of carboxylic acid groups (broad SMARTS) is 1. The molecule has 7 heteroatoms. The van der Waals surface area contributed by atoms with Gasteiger partial charge in [-0.25, -0.2) is 14.8 Å². The van der Waals surface area contributed by atoms with E-state index in [9.17, 15) is 9.90 Å². The Morgan fingerprint density at radius 2 is 1.97 bits per heavy atom. The molecule has 0 saturated heterocycles. The Labute approximate surface area is 197 Å². The fraction of sp³-hybridized carbons (Fsp3) is 0.240. The largest absolute Gasteiger partial charge is 0.478 e. The van der Waals surface area contributed by atoms with Gasteiger partial charge in [-0.3, -0.25) is 0 Å². The molecule has 32 heavy (non-hydrogen) atoms. The first-order valence-electron chi connectivity index (χ1n) is 10.5. The van der Waals surface area contributed by atoms with E-state index in [1.807, 2.05) is 31.3 Å². The molecule has 0 aliphatic carbocycles. The molecule has 0 spiro atoms. The third-order valence-electron chi connectivity index (χ3n) is 5.55. The molecule has 2 aromatic carbocycles. The molecule has 164 valence electrons. The second-order valence-electron chi connectivity index (χ2n) is 7.98. The van der Waals surface area contributed by atoms with Gasteiger partial charge in [0.05, 0.1) is 11.3 Å². The molecule has 0 atom stereocenters. The minimum atomic E-state index is -0.947. The number of thiol groups is 1. The van der Waals surface area contributed by atoms with E-state index in [1.54, 1.807) is 12.1 Å². The van der Waals surface area contributed by atoms with E-state index in [1.165, 1.54) is 26.9 Å². The smallest absolute Gasteiger partial charge is 0.336 e. The predicted molar refractivity (Wildman–Crippen MR) is 135 cm³/mol. The quantitative estimate of drug-likeness (QED) is 0.275. The fourth-order valence-electron chi connectivity index (χ4n) is 4.03. The van der Waals surface area contributed by atoms with Crippen molar-refractivity contribution >= 4 is 45.8 Å². The van der Waals surface area contributed by atoms with E-state index in [2.05, 4.69) is 59.1 Å². The molecule has 4 aromatic rings. The van der Waals surface area contributed by atoms with Crippen molar-refractivity contribution < 1.29 is 9.90 Å². The van der Waals surface area contributed by atoms with Gasteiger partial charge in [0.25, 0.3) is 0 Å². The third kappa shape index (κ3) is 4.36. The number of thiophene rings is 1. The zero-order valence-corrected chi connectivity index (χ0v) is 19.9. The minimum Gasteiger partial charge on any atom is -0.478 e. The summed E-state index contributed by atoms with van der Waals surface area (Å²) < 4.78 is 1.32. The number of benzene rings is 2. The van der Waals surface area contributed by atoms with Crippen LogP contribution in [0.1, 0.15) is 46.1 Å². The van der Waals surface area contributed by atoms with Gasteiger partial charge in [0.1, 0.15) is 12.1 Å². The molecule has 0 amide bonds. The van der Waals surface area contributed by atoms with Crippen molar-refractivity contribution in [2.24, 2.45) is 0 Å². The Kier molecular flexibility index (Phi) is 6.48. The second kappa shape index (κ2) is 9.30. The fourth-order valence-corrected chi connectivity index (χ4v) is 5.71. The van der Waals surface area contributed by atoms with Crippen molar-refractivity contribution in [3.8, 4) is 11.3 Å². The molecule has 0 fully saturated rings. The van der Waals surface area contributed by atoms with Crippen LogP contribution in [0.3, 0.4) is 0 Å². The normalized spacial score (nSPS) is 11.3. The van der Waals surface area contributed by atoms with Crippen LogP contribution in [0.4, 0.5) is 5.82 Å². The number of nitrogens with zero attached hydrogens (tertiary/aromatic N) is 2. The molecular formula is C25H25N3O2S2. The van der Waals surface area contributed by atoms with Crippen LogP contribution >= 0.6 is 24.0 Å². The SMILES string of the molecule is Cc1sc2ccccc2c1CCNc1cc(-c2ccc(C(=O)O)c(C(C)C)c2S)ncn1. The molecule has 0 bridgehead atoms. The van der Waals surface area contributed by atoms with Crippen molar-refractivity contribution in [2.45, 2.75) is 38.0 Å². The molecule has 2 heterocycles. The lowest BCUT2D eigenvalue weighted by Gasteiger charge is -2.16. The first kappa shape index (κ1) is 22.3.